The predicted octanol–water partition coefficient (Wildman–Crippen LogP) is 0.959. The van der Waals surface area contributed by atoms with Crippen LogP contribution in [0.15, 0.2) is 24.3 Å². The van der Waals surface area contributed by atoms with Crippen LogP contribution >= 0.6 is 0 Å². The van der Waals surface area contributed by atoms with E-state index in [4.69, 9.17) is 14.6 Å². The number of nitrogens with zero attached hydrogens (tertiary/aromatic N) is 1. The molecule has 110 valence electrons. The van der Waals surface area contributed by atoms with Crippen molar-refractivity contribution in [1.29, 1.82) is 0 Å². The van der Waals surface area contributed by atoms with Crippen molar-refractivity contribution in [2.75, 3.05) is 33.4 Å². The summed E-state index contributed by atoms with van der Waals surface area (Å²) in [6.07, 6.45) is -0.199. The summed E-state index contributed by atoms with van der Waals surface area (Å²) in [7, 11) is 1.60. The van der Waals surface area contributed by atoms with Crippen LogP contribution in [0.1, 0.15) is 17.3 Å². The Kier molecular flexibility index (Phi) is 5.11. The summed E-state index contributed by atoms with van der Waals surface area (Å²) in [4.78, 5) is 14.5. The summed E-state index contributed by atoms with van der Waals surface area (Å²) >= 11 is 0. The van der Waals surface area contributed by atoms with E-state index in [0.717, 1.165) is 5.75 Å². The molecule has 1 saturated heterocycles. The number of Topliss-reactive ketones (excluding diaryl/α,β-unsaturated/α-hetero) is 1. The van der Waals surface area contributed by atoms with Crippen LogP contribution in [0.5, 0.6) is 5.75 Å². The molecule has 1 fully saturated rings. The second-order valence-corrected chi connectivity index (χ2v) is 4.94. The number of aliphatic hydroxyl groups is 1. The predicted molar refractivity (Wildman–Crippen MR) is 75.2 cm³/mol. The van der Waals surface area contributed by atoms with Gasteiger partial charge in [-0.1, -0.05) is 0 Å². The van der Waals surface area contributed by atoms with E-state index in [1.54, 1.807) is 31.4 Å². The third kappa shape index (κ3) is 3.36. The number of hydrogen-bond donors (Lipinski definition) is 1. The zero-order valence-electron chi connectivity index (χ0n) is 11.9. The third-order valence-corrected chi connectivity index (χ3v) is 3.68. The molecule has 0 saturated carbocycles. The zero-order chi connectivity index (χ0) is 14.5. The van der Waals surface area contributed by atoms with Crippen LogP contribution in [0.2, 0.25) is 0 Å². The Morgan fingerprint density at radius 2 is 2.20 bits per heavy atom. The fourth-order valence-corrected chi connectivity index (χ4v) is 2.37. The molecule has 1 N–H and O–H groups in total. The molecule has 20 heavy (non-hydrogen) atoms. The van der Waals surface area contributed by atoms with Gasteiger partial charge in [0.2, 0.25) is 0 Å². The lowest BCUT2D eigenvalue weighted by Gasteiger charge is -2.35. The maximum atomic E-state index is 12.5. The molecular formula is C15H21NO4. The van der Waals surface area contributed by atoms with E-state index in [2.05, 4.69) is 4.90 Å². The van der Waals surface area contributed by atoms with Crippen LogP contribution in [0.25, 0.3) is 0 Å². The molecule has 2 atom stereocenters. The number of rotatable bonds is 5. The molecule has 2 unspecified atom stereocenters. The van der Waals surface area contributed by atoms with Crippen LogP contribution in [0.3, 0.4) is 0 Å². The van der Waals surface area contributed by atoms with Crippen molar-refractivity contribution in [3.05, 3.63) is 29.8 Å². The summed E-state index contributed by atoms with van der Waals surface area (Å²) in [6.45, 7) is 3.72. The maximum absolute atomic E-state index is 12.5. The van der Waals surface area contributed by atoms with Crippen molar-refractivity contribution in [2.24, 2.45) is 0 Å². The summed E-state index contributed by atoms with van der Waals surface area (Å²) in [5.41, 5.74) is 0.672. The second-order valence-electron chi connectivity index (χ2n) is 4.94. The number of benzene rings is 1. The Balaban J connectivity index is 2.03. The molecule has 0 radical (unpaired) electrons. The Labute approximate surface area is 119 Å². The van der Waals surface area contributed by atoms with E-state index in [0.29, 0.717) is 25.3 Å². The van der Waals surface area contributed by atoms with Gasteiger partial charge in [0.05, 0.1) is 32.5 Å². The van der Waals surface area contributed by atoms with Gasteiger partial charge in [-0.3, -0.25) is 9.69 Å². The molecule has 1 aromatic carbocycles. The molecule has 0 aromatic heterocycles. The Hall–Kier alpha value is -1.43. The Morgan fingerprint density at radius 1 is 1.50 bits per heavy atom. The van der Waals surface area contributed by atoms with E-state index < -0.39 is 0 Å². The highest BCUT2D eigenvalue weighted by Crippen LogP contribution is 2.16. The van der Waals surface area contributed by atoms with Crippen molar-refractivity contribution >= 4 is 5.78 Å². The molecule has 1 heterocycles. The number of methoxy groups -OCH3 is 1. The fourth-order valence-electron chi connectivity index (χ4n) is 2.37. The van der Waals surface area contributed by atoms with Crippen molar-refractivity contribution in [3.8, 4) is 5.75 Å². The van der Waals surface area contributed by atoms with Crippen LogP contribution < -0.4 is 4.74 Å². The van der Waals surface area contributed by atoms with E-state index in [9.17, 15) is 4.79 Å². The third-order valence-electron chi connectivity index (χ3n) is 3.68. The molecule has 5 nitrogen and oxygen atoms in total. The SMILES string of the molecule is COc1ccc(C(=O)C(C)N2CCOC(CO)C2)cc1. The highest BCUT2D eigenvalue weighted by Gasteiger charge is 2.28. The maximum Gasteiger partial charge on any atom is 0.179 e. The van der Waals surface area contributed by atoms with Gasteiger partial charge in [0.15, 0.2) is 5.78 Å². The minimum atomic E-state index is -0.221. The van der Waals surface area contributed by atoms with Gasteiger partial charge >= 0.3 is 0 Å². The average molecular weight is 279 g/mol. The molecule has 0 spiro atoms. The second kappa shape index (κ2) is 6.83. The number of hydrogen-bond acceptors (Lipinski definition) is 5. The number of ether oxygens (including phenoxy) is 2. The minimum absolute atomic E-state index is 0.0139. The van der Waals surface area contributed by atoms with Crippen LogP contribution in [0.4, 0.5) is 0 Å². The fraction of sp³-hybridized carbons (Fsp3) is 0.533. The highest BCUT2D eigenvalue weighted by molar-refractivity contribution is 5.99. The summed E-state index contributed by atoms with van der Waals surface area (Å²) in [5.74, 6) is 0.812. The quantitative estimate of drug-likeness (QED) is 0.814. The van der Waals surface area contributed by atoms with Gasteiger partial charge in [-0.25, -0.2) is 0 Å². The Morgan fingerprint density at radius 3 is 2.80 bits per heavy atom. The standard InChI is InChI=1S/C15H21NO4/c1-11(16-7-8-20-14(9-16)10-17)15(18)12-3-5-13(19-2)6-4-12/h3-6,11,14,17H,7-10H2,1-2H3. The lowest BCUT2D eigenvalue weighted by Crippen LogP contribution is -2.50. The van der Waals surface area contributed by atoms with Gasteiger partial charge in [0, 0.05) is 18.7 Å². The largest absolute Gasteiger partial charge is 0.497 e. The van der Waals surface area contributed by atoms with Crippen LogP contribution in [-0.2, 0) is 4.74 Å². The Bertz CT molecular complexity index is 446. The monoisotopic (exact) mass is 279 g/mol. The molecule has 1 aliphatic heterocycles. The summed E-state index contributed by atoms with van der Waals surface area (Å²) in [5, 5.41) is 9.15. The van der Waals surface area contributed by atoms with Gasteiger partial charge in [0.1, 0.15) is 5.75 Å². The summed E-state index contributed by atoms with van der Waals surface area (Å²) in [6, 6.07) is 6.91. The first-order valence-corrected chi connectivity index (χ1v) is 6.80. The number of carbonyl (C=O) groups is 1. The molecule has 0 amide bonds. The first-order valence-electron chi connectivity index (χ1n) is 6.80. The van der Waals surface area contributed by atoms with Gasteiger partial charge < -0.3 is 14.6 Å². The van der Waals surface area contributed by atoms with Gasteiger partial charge in [-0.15, -0.1) is 0 Å². The number of aliphatic hydroxyl groups excluding tert-OH is 1. The van der Waals surface area contributed by atoms with Gasteiger partial charge in [-0.05, 0) is 31.2 Å². The average Bonchev–Trinajstić information content (AvgIpc) is 2.53. The van der Waals surface area contributed by atoms with E-state index >= 15 is 0 Å². The number of carbonyl (C=O) groups excluding carboxylic acids is 1. The number of morpholine rings is 1. The van der Waals surface area contributed by atoms with Crippen molar-refractivity contribution < 1.29 is 19.4 Å². The summed E-state index contributed by atoms with van der Waals surface area (Å²) < 4.78 is 10.5. The molecule has 2 rings (SSSR count). The topological polar surface area (TPSA) is 59.0 Å². The van der Waals surface area contributed by atoms with Gasteiger partial charge in [0.25, 0.3) is 0 Å². The molecule has 5 heteroatoms. The highest BCUT2D eigenvalue weighted by atomic mass is 16.5. The van der Waals surface area contributed by atoms with Crippen LogP contribution in [-0.4, -0.2) is 61.3 Å². The van der Waals surface area contributed by atoms with Gasteiger partial charge in [-0.2, -0.15) is 0 Å². The van der Waals surface area contributed by atoms with Crippen LogP contribution in [0, 0.1) is 0 Å². The van der Waals surface area contributed by atoms with E-state index in [-0.39, 0.29) is 24.5 Å². The van der Waals surface area contributed by atoms with Crippen molar-refractivity contribution in [2.45, 2.75) is 19.1 Å². The zero-order valence-corrected chi connectivity index (χ0v) is 11.9. The first kappa shape index (κ1) is 15.0. The first-order chi connectivity index (χ1) is 9.65. The number of ketones is 1. The molecular weight excluding hydrogens is 258 g/mol. The molecule has 1 aliphatic rings. The lowest BCUT2D eigenvalue weighted by molar-refractivity contribution is -0.0592. The lowest BCUT2D eigenvalue weighted by atomic mass is 10.0. The van der Waals surface area contributed by atoms with E-state index in [1.165, 1.54) is 0 Å². The smallest absolute Gasteiger partial charge is 0.179 e. The van der Waals surface area contributed by atoms with Crippen molar-refractivity contribution in [1.82, 2.24) is 4.90 Å². The normalized spacial score (nSPS) is 21.4. The molecule has 0 aliphatic carbocycles. The molecule has 0 bridgehead atoms. The molecule has 1 aromatic rings. The van der Waals surface area contributed by atoms with Crippen molar-refractivity contribution in [3.63, 3.8) is 0 Å². The minimum Gasteiger partial charge on any atom is -0.497 e. The van der Waals surface area contributed by atoms with E-state index in [1.807, 2.05) is 6.92 Å².